The van der Waals surface area contributed by atoms with Crippen LogP contribution in [0.15, 0.2) is 29.9 Å². The van der Waals surface area contributed by atoms with E-state index in [9.17, 15) is 4.79 Å². The molecule has 0 unspecified atom stereocenters. The molecule has 1 aromatic heterocycles. The molecule has 1 rings (SSSR count). The first-order chi connectivity index (χ1) is 7.24. The van der Waals surface area contributed by atoms with Crippen LogP contribution in [-0.4, -0.2) is 24.2 Å². The van der Waals surface area contributed by atoms with E-state index in [1.807, 2.05) is 0 Å². The molecule has 0 radical (unpaired) electrons. The molecular formula is C11H14N2O2. The van der Waals surface area contributed by atoms with Crippen LogP contribution < -0.4 is 5.49 Å². The number of pyridine rings is 1. The molecular weight excluding hydrogens is 192 g/mol. The standard InChI is InChI=1S/C11H14N2O2/c1-4-13-8-6-7-9(10(13)12-3)11(14)15-5-2/h4,6-8H,1,5H2,2-3H3. The molecule has 0 aliphatic heterocycles. The summed E-state index contributed by atoms with van der Waals surface area (Å²) in [5, 5.41) is 0. The fourth-order valence-electron chi connectivity index (χ4n) is 1.27. The number of carbonyl (C=O) groups excluding carboxylic acids is 1. The summed E-state index contributed by atoms with van der Waals surface area (Å²) in [5.74, 6) is -0.366. The van der Waals surface area contributed by atoms with Gasteiger partial charge < -0.3 is 9.30 Å². The van der Waals surface area contributed by atoms with Crippen molar-refractivity contribution in [3.8, 4) is 0 Å². The maximum Gasteiger partial charge on any atom is 0.341 e. The summed E-state index contributed by atoms with van der Waals surface area (Å²) in [6, 6.07) is 3.43. The fourth-order valence-corrected chi connectivity index (χ4v) is 1.27. The second kappa shape index (κ2) is 5.14. The molecule has 0 N–H and O–H groups in total. The molecule has 0 saturated heterocycles. The van der Waals surface area contributed by atoms with Gasteiger partial charge in [0.1, 0.15) is 11.1 Å². The van der Waals surface area contributed by atoms with Gasteiger partial charge in [-0.2, -0.15) is 0 Å². The van der Waals surface area contributed by atoms with Gasteiger partial charge >= 0.3 is 5.97 Å². The van der Waals surface area contributed by atoms with Gasteiger partial charge in [0.05, 0.1) is 6.61 Å². The highest BCUT2D eigenvalue weighted by molar-refractivity contribution is 5.88. The zero-order chi connectivity index (χ0) is 11.3. The number of nitrogens with zero attached hydrogens (tertiary/aromatic N) is 2. The Morgan fingerprint density at radius 2 is 2.47 bits per heavy atom. The highest BCUT2D eigenvalue weighted by Crippen LogP contribution is 1.96. The Balaban J connectivity index is 3.30. The summed E-state index contributed by atoms with van der Waals surface area (Å²) >= 11 is 0. The minimum absolute atomic E-state index is 0.352. The Bertz CT molecular complexity index is 432. The number of hydrogen-bond acceptors (Lipinski definition) is 3. The number of carbonyl (C=O) groups is 1. The molecule has 0 aromatic carbocycles. The van der Waals surface area contributed by atoms with E-state index < -0.39 is 0 Å². The summed E-state index contributed by atoms with van der Waals surface area (Å²) in [7, 11) is 1.62. The summed E-state index contributed by atoms with van der Waals surface area (Å²) in [4.78, 5) is 15.6. The molecule has 0 spiro atoms. The van der Waals surface area contributed by atoms with Gasteiger partial charge in [0.15, 0.2) is 0 Å². The maximum absolute atomic E-state index is 11.6. The topological polar surface area (TPSA) is 43.6 Å². The highest BCUT2D eigenvalue weighted by atomic mass is 16.5. The van der Waals surface area contributed by atoms with Crippen LogP contribution in [0.25, 0.3) is 6.20 Å². The van der Waals surface area contributed by atoms with Crippen molar-refractivity contribution in [2.24, 2.45) is 4.99 Å². The van der Waals surface area contributed by atoms with E-state index in [0.717, 1.165) is 0 Å². The van der Waals surface area contributed by atoms with Crippen molar-refractivity contribution in [2.45, 2.75) is 6.92 Å². The Morgan fingerprint density at radius 3 is 3.00 bits per heavy atom. The van der Waals surface area contributed by atoms with Crippen LogP contribution in [0.3, 0.4) is 0 Å². The molecule has 0 bridgehead atoms. The van der Waals surface area contributed by atoms with Gasteiger partial charge in [0, 0.05) is 19.4 Å². The molecule has 1 heterocycles. The van der Waals surface area contributed by atoms with Gasteiger partial charge in [0.25, 0.3) is 0 Å². The number of hydrogen-bond donors (Lipinski definition) is 0. The van der Waals surface area contributed by atoms with Crippen LogP contribution in [0.2, 0.25) is 0 Å². The third-order valence-electron chi connectivity index (χ3n) is 1.90. The monoisotopic (exact) mass is 206 g/mol. The minimum atomic E-state index is -0.366. The lowest BCUT2D eigenvalue weighted by Crippen LogP contribution is -2.25. The molecule has 0 atom stereocenters. The molecule has 0 fully saturated rings. The van der Waals surface area contributed by atoms with Crippen LogP contribution in [0.1, 0.15) is 17.3 Å². The fraction of sp³-hybridized carbons (Fsp3) is 0.273. The van der Waals surface area contributed by atoms with Crippen molar-refractivity contribution in [1.29, 1.82) is 0 Å². The molecule has 15 heavy (non-hydrogen) atoms. The third kappa shape index (κ3) is 2.34. The molecule has 0 amide bonds. The summed E-state index contributed by atoms with van der Waals surface area (Å²) in [6.07, 6.45) is 3.36. The first-order valence-corrected chi connectivity index (χ1v) is 4.68. The van der Waals surface area contributed by atoms with Crippen molar-refractivity contribution in [3.63, 3.8) is 0 Å². The summed E-state index contributed by atoms with van der Waals surface area (Å²) in [5.41, 5.74) is 0.993. The first-order valence-electron chi connectivity index (χ1n) is 4.68. The molecule has 80 valence electrons. The zero-order valence-electron chi connectivity index (χ0n) is 8.93. The van der Waals surface area contributed by atoms with Gasteiger partial charge in [-0.1, -0.05) is 6.58 Å². The van der Waals surface area contributed by atoms with Crippen LogP contribution in [0.5, 0.6) is 0 Å². The number of ether oxygens (including phenoxy) is 1. The summed E-state index contributed by atoms with van der Waals surface area (Å²) in [6.45, 7) is 5.76. The average molecular weight is 206 g/mol. The van der Waals surface area contributed by atoms with E-state index in [1.165, 1.54) is 0 Å². The number of esters is 1. The van der Waals surface area contributed by atoms with Crippen molar-refractivity contribution in [2.75, 3.05) is 13.7 Å². The molecule has 4 nitrogen and oxygen atoms in total. The van der Waals surface area contributed by atoms with Gasteiger partial charge in [-0.3, -0.25) is 4.99 Å². The average Bonchev–Trinajstić information content (AvgIpc) is 2.28. The molecule has 0 saturated carbocycles. The number of rotatable bonds is 3. The molecule has 4 heteroatoms. The third-order valence-corrected chi connectivity index (χ3v) is 1.90. The van der Waals surface area contributed by atoms with Crippen molar-refractivity contribution >= 4 is 12.2 Å². The van der Waals surface area contributed by atoms with E-state index in [4.69, 9.17) is 4.74 Å². The van der Waals surface area contributed by atoms with E-state index in [-0.39, 0.29) is 5.97 Å². The smallest absolute Gasteiger partial charge is 0.341 e. The second-order valence-corrected chi connectivity index (χ2v) is 2.78. The minimum Gasteiger partial charge on any atom is -0.462 e. The molecule has 0 aliphatic rings. The lowest BCUT2D eigenvalue weighted by atomic mass is 10.3. The lowest BCUT2D eigenvalue weighted by molar-refractivity contribution is 0.0523. The van der Waals surface area contributed by atoms with E-state index >= 15 is 0 Å². The lowest BCUT2D eigenvalue weighted by Gasteiger charge is -2.05. The largest absolute Gasteiger partial charge is 0.462 e. The normalized spacial score (nSPS) is 11.2. The van der Waals surface area contributed by atoms with Crippen LogP contribution in [0.4, 0.5) is 0 Å². The predicted octanol–water partition coefficient (Wildman–Crippen LogP) is 1.30. The summed E-state index contributed by atoms with van der Waals surface area (Å²) < 4.78 is 6.60. The van der Waals surface area contributed by atoms with Gasteiger partial charge in [-0.15, -0.1) is 0 Å². The zero-order valence-corrected chi connectivity index (χ0v) is 8.93. The van der Waals surface area contributed by atoms with Crippen molar-refractivity contribution in [1.82, 2.24) is 4.57 Å². The number of aromatic nitrogens is 1. The van der Waals surface area contributed by atoms with Crippen molar-refractivity contribution in [3.05, 3.63) is 36.0 Å². The van der Waals surface area contributed by atoms with Gasteiger partial charge in [-0.25, -0.2) is 4.79 Å². The van der Waals surface area contributed by atoms with E-state index in [1.54, 1.807) is 43.1 Å². The van der Waals surface area contributed by atoms with Gasteiger partial charge in [0.2, 0.25) is 0 Å². The van der Waals surface area contributed by atoms with E-state index in [0.29, 0.717) is 17.7 Å². The first kappa shape index (κ1) is 11.2. The highest BCUT2D eigenvalue weighted by Gasteiger charge is 2.09. The van der Waals surface area contributed by atoms with Gasteiger partial charge in [-0.05, 0) is 19.1 Å². The second-order valence-electron chi connectivity index (χ2n) is 2.78. The Hall–Kier alpha value is -1.84. The van der Waals surface area contributed by atoms with Crippen LogP contribution >= 0.6 is 0 Å². The Kier molecular flexibility index (Phi) is 3.85. The Morgan fingerprint density at radius 1 is 1.73 bits per heavy atom. The maximum atomic E-state index is 11.6. The quantitative estimate of drug-likeness (QED) is 0.699. The Labute approximate surface area is 88.5 Å². The molecule has 1 aromatic rings. The SMILES string of the molecule is C=Cn1cccc(C(=O)OCC)c1=NC. The van der Waals surface area contributed by atoms with E-state index in [2.05, 4.69) is 11.6 Å². The predicted molar refractivity (Wildman–Crippen MR) is 58.3 cm³/mol. The van der Waals surface area contributed by atoms with Crippen molar-refractivity contribution < 1.29 is 9.53 Å². The molecule has 0 aliphatic carbocycles. The van der Waals surface area contributed by atoms with Crippen LogP contribution in [0, 0.1) is 0 Å². The van der Waals surface area contributed by atoms with Crippen LogP contribution in [-0.2, 0) is 4.74 Å².